The molecule has 0 radical (unpaired) electrons. The summed E-state index contributed by atoms with van der Waals surface area (Å²) in [4.78, 5) is 11.0. The fourth-order valence-electron chi connectivity index (χ4n) is 0.965. The first-order valence-corrected chi connectivity index (χ1v) is 4.26. The molecule has 0 spiro atoms. The SMILES string of the molecule is O=C(CCl)c1ccc(C(F)F)cc1F. The molecule has 0 unspecified atom stereocenters. The Kier molecular flexibility index (Phi) is 3.52. The lowest BCUT2D eigenvalue weighted by atomic mass is 10.1. The van der Waals surface area contributed by atoms with Crippen LogP contribution in [-0.4, -0.2) is 11.7 Å². The number of benzene rings is 1. The Labute approximate surface area is 83.5 Å². The average molecular weight is 223 g/mol. The minimum absolute atomic E-state index is 0.260. The summed E-state index contributed by atoms with van der Waals surface area (Å²) in [6.07, 6.45) is -2.75. The highest BCUT2D eigenvalue weighted by Gasteiger charge is 2.14. The molecule has 0 N–H and O–H groups in total. The largest absolute Gasteiger partial charge is 0.293 e. The van der Waals surface area contributed by atoms with Crippen LogP contribution in [0.2, 0.25) is 0 Å². The van der Waals surface area contributed by atoms with Crippen LogP contribution in [0.15, 0.2) is 18.2 Å². The summed E-state index contributed by atoms with van der Waals surface area (Å²) in [5.41, 5.74) is -0.710. The Bertz CT molecular complexity index is 352. The third-order valence-corrected chi connectivity index (χ3v) is 1.91. The summed E-state index contributed by atoms with van der Waals surface area (Å²) in [7, 11) is 0. The van der Waals surface area contributed by atoms with Gasteiger partial charge in [-0.15, -0.1) is 11.6 Å². The van der Waals surface area contributed by atoms with E-state index in [4.69, 9.17) is 11.6 Å². The number of hydrogen-bond donors (Lipinski definition) is 0. The minimum Gasteiger partial charge on any atom is -0.293 e. The standard InChI is InChI=1S/C9H6ClF3O/c10-4-8(14)6-2-1-5(9(12)13)3-7(6)11/h1-3,9H,4H2. The number of hydrogen-bond acceptors (Lipinski definition) is 1. The predicted molar refractivity (Wildman–Crippen MR) is 46.4 cm³/mol. The van der Waals surface area contributed by atoms with E-state index in [0.29, 0.717) is 6.07 Å². The van der Waals surface area contributed by atoms with Gasteiger partial charge in [-0.25, -0.2) is 13.2 Å². The molecule has 0 saturated heterocycles. The summed E-state index contributed by atoms with van der Waals surface area (Å²) in [6, 6.07) is 2.67. The molecule has 0 heterocycles. The number of ketones is 1. The van der Waals surface area contributed by atoms with Gasteiger partial charge in [-0.1, -0.05) is 6.07 Å². The molecule has 0 aliphatic rings. The molecule has 1 aromatic carbocycles. The highest BCUT2D eigenvalue weighted by Crippen LogP contribution is 2.21. The Hall–Kier alpha value is -1.03. The lowest BCUT2D eigenvalue weighted by Gasteiger charge is -2.02. The molecule has 0 aliphatic carbocycles. The van der Waals surface area contributed by atoms with Crippen LogP contribution < -0.4 is 0 Å². The van der Waals surface area contributed by atoms with Crippen LogP contribution in [0.1, 0.15) is 22.3 Å². The van der Waals surface area contributed by atoms with E-state index in [-0.39, 0.29) is 11.4 Å². The zero-order valence-corrected chi connectivity index (χ0v) is 7.69. The van der Waals surface area contributed by atoms with E-state index in [9.17, 15) is 18.0 Å². The van der Waals surface area contributed by atoms with E-state index in [1.54, 1.807) is 0 Å². The highest BCUT2D eigenvalue weighted by molar-refractivity contribution is 6.30. The van der Waals surface area contributed by atoms with Gasteiger partial charge < -0.3 is 0 Å². The monoisotopic (exact) mass is 222 g/mol. The van der Waals surface area contributed by atoms with Gasteiger partial charge in [-0.3, -0.25) is 4.79 Å². The predicted octanol–water partition coefficient (Wildman–Crippen LogP) is 3.18. The van der Waals surface area contributed by atoms with E-state index in [2.05, 4.69) is 0 Å². The smallest absolute Gasteiger partial charge is 0.263 e. The molecule has 0 atom stereocenters. The molecule has 0 saturated carbocycles. The Morgan fingerprint density at radius 3 is 2.50 bits per heavy atom. The molecule has 14 heavy (non-hydrogen) atoms. The van der Waals surface area contributed by atoms with Gasteiger partial charge in [-0.2, -0.15) is 0 Å². The molecule has 5 heteroatoms. The third kappa shape index (κ3) is 2.26. The first-order valence-electron chi connectivity index (χ1n) is 3.73. The van der Waals surface area contributed by atoms with Gasteiger partial charge in [0.1, 0.15) is 5.82 Å². The van der Waals surface area contributed by atoms with Gasteiger partial charge in [-0.05, 0) is 12.1 Å². The molecule has 0 bridgehead atoms. The van der Waals surface area contributed by atoms with Crippen molar-refractivity contribution in [2.24, 2.45) is 0 Å². The van der Waals surface area contributed by atoms with Crippen molar-refractivity contribution in [2.45, 2.75) is 6.43 Å². The normalized spacial score (nSPS) is 10.6. The first kappa shape index (κ1) is 11.0. The van der Waals surface area contributed by atoms with Crippen molar-refractivity contribution < 1.29 is 18.0 Å². The third-order valence-electron chi connectivity index (χ3n) is 1.67. The number of halogens is 4. The quantitative estimate of drug-likeness (QED) is 0.567. The molecule has 1 rings (SSSR count). The van der Waals surface area contributed by atoms with Crippen molar-refractivity contribution in [3.8, 4) is 0 Å². The van der Waals surface area contributed by atoms with Gasteiger partial charge in [0.25, 0.3) is 6.43 Å². The molecule has 0 fully saturated rings. The van der Waals surface area contributed by atoms with Crippen molar-refractivity contribution >= 4 is 17.4 Å². The Morgan fingerprint density at radius 1 is 1.43 bits per heavy atom. The number of alkyl halides is 3. The minimum atomic E-state index is -2.75. The maximum absolute atomic E-state index is 13.0. The summed E-state index contributed by atoms with van der Waals surface area (Å²) >= 11 is 5.20. The van der Waals surface area contributed by atoms with Crippen molar-refractivity contribution in [2.75, 3.05) is 5.88 Å². The molecular weight excluding hydrogens is 217 g/mol. The van der Waals surface area contributed by atoms with Crippen molar-refractivity contribution in [3.63, 3.8) is 0 Å². The van der Waals surface area contributed by atoms with Crippen molar-refractivity contribution in [1.29, 1.82) is 0 Å². The molecular formula is C9H6ClF3O. The van der Waals surface area contributed by atoms with Gasteiger partial charge in [0, 0.05) is 5.56 Å². The summed E-state index contributed by atoms with van der Waals surface area (Å²) < 4.78 is 37.2. The van der Waals surface area contributed by atoms with Crippen LogP contribution >= 0.6 is 11.6 Å². The lowest BCUT2D eigenvalue weighted by molar-refractivity contribution is 0.101. The first-order chi connectivity index (χ1) is 6.56. The Morgan fingerprint density at radius 2 is 2.07 bits per heavy atom. The molecule has 1 nitrogen and oxygen atoms in total. The number of carbonyl (C=O) groups excluding carboxylic acids is 1. The zero-order valence-electron chi connectivity index (χ0n) is 6.94. The van der Waals surface area contributed by atoms with E-state index < -0.39 is 23.6 Å². The maximum Gasteiger partial charge on any atom is 0.263 e. The molecule has 0 amide bonds. The van der Waals surface area contributed by atoms with Crippen LogP contribution in [0.3, 0.4) is 0 Å². The summed E-state index contributed by atoms with van der Waals surface area (Å²) in [6.45, 7) is 0. The fraction of sp³-hybridized carbons (Fsp3) is 0.222. The fourth-order valence-corrected chi connectivity index (χ4v) is 1.11. The second-order valence-corrected chi connectivity index (χ2v) is 2.86. The van der Waals surface area contributed by atoms with Crippen LogP contribution in [0.25, 0.3) is 0 Å². The molecule has 76 valence electrons. The van der Waals surface area contributed by atoms with Crippen LogP contribution in [0.5, 0.6) is 0 Å². The maximum atomic E-state index is 13.0. The number of Topliss-reactive ketones (excluding diaryl/α,β-unsaturated/α-hetero) is 1. The van der Waals surface area contributed by atoms with Gasteiger partial charge >= 0.3 is 0 Å². The second-order valence-electron chi connectivity index (χ2n) is 2.60. The van der Waals surface area contributed by atoms with Crippen LogP contribution in [0, 0.1) is 5.82 Å². The average Bonchev–Trinajstić information content (AvgIpc) is 2.16. The summed E-state index contributed by atoms with van der Waals surface area (Å²) in [5.74, 6) is -1.95. The van der Waals surface area contributed by atoms with E-state index in [1.165, 1.54) is 0 Å². The van der Waals surface area contributed by atoms with Gasteiger partial charge in [0.2, 0.25) is 0 Å². The van der Waals surface area contributed by atoms with E-state index >= 15 is 0 Å². The highest BCUT2D eigenvalue weighted by atomic mass is 35.5. The van der Waals surface area contributed by atoms with Crippen LogP contribution in [0.4, 0.5) is 13.2 Å². The van der Waals surface area contributed by atoms with Gasteiger partial charge in [0.05, 0.1) is 11.4 Å². The number of rotatable bonds is 3. The number of carbonyl (C=O) groups is 1. The van der Waals surface area contributed by atoms with Crippen molar-refractivity contribution in [1.82, 2.24) is 0 Å². The van der Waals surface area contributed by atoms with E-state index in [0.717, 1.165) is 12.1 Å². The second kappa shape index (κ2) is 4.46. The van der Waals surface area contributed by atoms with Crippen LogP contribution in [-0.2, 0) is 0 Å². The Balaban J connectivity index is 3.07. The summed E-state index contributed by atoms with van der Waals surface area (Å²) in [5, 5.41) is 0. The van der Waals surface area contributed by atoms with Gasteiger partial charge in [0.15, 0.2) is 5.78 Å². The lowest BCUT2D eigenvalue weighted by Crippen LogP contribution is -2.04. The molecule has 0 aromatic heterocycles. The van der Waals surface area contributed by atoms with E-state index in [1.807, 2.05) is 0 Å². The molecule has 1 aromatic rings. The van der Waals surface area contributed by atoms with Crippen molar-refractivity contribution in [3.05, 3.63) is 35.1 Å². The topological polar surface area (TPSA) is 17.1 Å². The zero-order chi connectivity index (χ0) is 10.7. The molecule has 0 aliphatic heterocycles.